The minimum Gasteiger partial charge on any atom is -0.330 e. The first-order valence-corrected chi connectivity index (χ1v) is 6.67. The summed E-state index contributed by atoms with van der Waals surface area (Å²) in [5, 5.41) is 0.0714. The molecule has 0 heterocycles. The maximum absolute atomic E-state index is 13.7. The van der Waals surface area contributed by atoms with Gasteiger partial charge in [-0.3, -0.25) is 4.79 Å². The molecule has 0 bridgehead atoms. The van der Waals surface area contributed by atoms with E-state index < -0.39 is 5.82 Å². The molecule has 0 spiro atoms. The van der Waals surface area contributed by atoms with E-state index in [1.807, 2.05) is 0 Å². The van der Waals surface area contributed by atoms with E-state index in [4.69, 9.17) is 17.3 Å². The minimum absolute atomic E-state index is 0.00613. The second-order valence-electron chi connectivity index (χ2n) is 4.89. The summed E-state index contributed by atoms with van der Waals surface area (Å²) in [6, 6.07) is 4.78. The standard InChI is InChI=1S/C14H17ClFNO/c15-12-6-2-3-9(14(12)16)7-13(18)11-5-1-4-10(11)8-17/h2-3,6,10-11H,1,4-5,7-8,17H2. The highest BCUT2D eigenvalue weighted by molar-refractivity contribution is 6.30. The zero-order valence-electron chi connectivity index (χ0n) is 10.2. The molecule has 0 saturated heterocycles. The second kappa shape index (κ2) is 5.81. The minimum atomic E-state index is -0.477. The van der Waals surface area contributed by atoms with Crippen LogP contribution >= 0.6 is 11.6 Å². The van der Waals surface area contributed by atoms with Gasteiger partial charge in [-0.1, -0.05) is 30.2 Å². The van der Waals surface area contributed by atoms with Gasteiger partial charge in [-0.05, 0) is 36.9 Å². The van der Waals surface area contributed by atoms with Crippen LogP contribution < -0.4 is 5.73 Å². The van der Waals surface area contributed by atoms with Gasteiger partial charge in [0.25, 0.3) is 0 Å². The summed E-state index contributed by atoms with van der Waals surface area (Å²) in [5.74, 6) is -0.132. The fourth-order valence-corrected chi connectivity index (χ4v) is 2.94. The third kappa shape index (κ3) is 2.73. The summed E-state index contributed by atoms with van der Waals surface area (Å²) in [6.07, 6.45) is 3.04. The van der Waals surface area contributed by atoms with Crippen molar-refractivity contribution in [2.45, 2.75) is 25.7 Å². The Morgan fingerprint density at radius 3 is 2.94 bits per heavy atom. The molecule has 1 aromatic carbocycles. The number of nitrogens with two attached hydrogens (primary N) is 1. The molecule has 2 nitrogen and oxygen atoms in total. The van der Waals surface area contributed by atoms with Crippen molar-refractivity contribution >= 4 is 17.4 Å². The molecule has 2 rings (SSSR count). The van der Waals surface area contributed by atoms with Crippen molar-refractivity contribution in [2.75, 3.05) is 6.54 Å². The molecule has 0 aromatic heterocycles. The van der Waals surface area contributed by atoms with E-state index in [9.17, 15) is 9.18 Å². The number of benzene rings is 1. The molecule has 4 heteroatoms. The predicted octanol–water partition coefficient (Wildman–Crippen LogP) is 2.97. The van der Waals surface area contributed by atoms with Crippen LogP contribution in [0.4, 0.5) is 4.39 Å². The van der Waals surface area contributed by atoms with Gasteiger partial charge in [0, 0.05) is 12.3 Å². The summed E-state index contributed by atoms with van der Waals surface area (Å²) >= 11 is 5.71. The third-order valence-electron chi connectivity index (χ3n) is 3.77. The second-order valence-corrected chi connectivity index (χ2v) is 5.30. The number of halogens is 2. The largest absolute Gasteiger partial charge is 0.330 e. The van der Waals surface area contributed by atoms with Gasteiger partial charge in [0.1, 0.15) is 11.6 Å². The molecular formula is C14H17ClFNO. The lowest BCUT2D eigenvalue weighted by Gasteiger charge is -2.16. The summed E-state index contributed by atoms with van der Waals surface area (Å²) in [6.45, 7) is 0.536. The average molecular weight is 270 g/mol. The normalized spacial score (nSPS) is 23.3. The Bertz CT molecular complexity index is 449. The van der Waals surface area contributed by atoms with E-state index in [-0.39, 0.29) is 29.1 Å². The van der Waals surface area contributed by atoms with Crippen molar-refractivity contribution in [3.8, 4) is 0 Å². The Morgan fingerprint density at radius 2 is 2.22 bits per heavy atom. The van der Waals surface area contributed by atoms with E-state index in [0.717, 1.165) is 19.3 Å². The van der Waals surface area contributed by atoms with Crippen LogP contribution in [0.15, 0.2) is 18.2 Å². The zero-order valence-corrected chi connectivity index (χ0v) is 10.9. The lowest BCUT2D eigenvalue weighted by atomic mass is 9.89. The molecule has 1 saturated carbocycles. The molecule has 1 aliphatic carbocycles. The van der Waals surface area contributed by atoms with Gasteiger partial charge in [0.05, 0.1) is 5.02 Å². The molecular weight excluding hydrogens is 253 g/mol. The van der Waals surface area contributed by atoms with Crippen molar-refractivity contribution in [1.82, 2.24) is 0 Å². The number of hydrogen-bond acceptors (Lipinski definition) is 2. The Labute approximate surface area is 111 Å². The van der Waals surface area contributed by atoms with Gasteiger partial charge in [0.15, 0.2) is 0 Å². The predicted molar refractivity (Wildman–Crippen MR) is 70.0 cm³/mol. The van der Waals surface area contributed by atoms with Crippen molar-refractivity contribution in [3.05, 3.63) is 34.6 Å². The monoisotopic (exact) mass is 269 g/mol. The highest BCUT2D eigenvalue weighted by atomic mass is 35.5. The van der Waals surface area contributed by atoms with Crippen LogP contribution in [0.2, 0.25) is 5.02 Å². The fourth-order valence-electron chi connectivity index (χ4n) is 2.75. The van der Waals surface area contributed by atoms with Crippen LogP contribution in [0.5, 0.6) is 0 Å². The molecule has 2 unspecified atom stereocenters. The summed E-state index contributed by atoms with van der Waals surface area (Å²) in [7, 11) is 0. The van der Waals surface area contributed by atoms with Crippen molar-refractivity contribution in [2.24, 2.45) is 17.6 Å². The molecule has 1 aromatic rings. The van der Waals surface area contributed by atoms with Crippen LogP contribution in [0.1, 0.15) is 24.8 Å². The molecule has 1 aliphatic rings. The summed E-state index contributed by atoms with van der Waals surface area (Å²) in [4.78, 5) is 12.2. The van der Waals surface area contributed by atoms with Gasteiger partial charge in [-0.2, -0.15) is 0 Å². The number of rotatable bonds is 4. The lowest BCUT2D eigenvalue weighted by Crippen LogP contribution is -2.26. The van der Waals surface area contributed by atoms with Crippen molar-refractivity contribution < 1.29 is 9.18 Å². The molecule has 2 N–H and O–H groups in total. The van der Waals surface area contributed by atoms with E-state index in [2.05, 4.69) is 0 Å². The molecule has 0 amide bonds. The number of carbonyl (C=O) groups is 1. The SMILES string of the molecule is NCC1CCCC1C(=O)Cc1cccc(Cl)c1F. The molecule has 18 heavy (non-hydrogen) atoms. The van der Waals surface area contributed by atoms with E-state index >= 15 is 0 Å². The first-order valence-electron chi connectivity index (χ1n) is 6.29. The first-order chi connectivity index (χ1) is 8.63. The summed E-state index contributed by atoms with van der Waals surface area (Å²) in [5.41, 5.74) is 6.05. The summed E-state index contributed by atoms with van der Waals surface area (Å²) < 4.78 is 13.7. The van der Waals surface area contributed by atoms with Crippen LogP contribution in [-0.4, -0.2) is 12.3 Å². The van der Waals surface area contributed by atoms with Gasteiger partial charge in [-0.25, -0.2) is 4.39 Å². The molecule has 1 fully saturated rings. The number of Topliss-reactive ketones (excluding diaryl/α,β-unsaturated/α-hetero) is 1. The Balaban J connectivity index is 2.09. The Morgan fingerprint density at radius 1 is 1.44 bits per heavy atom. The van der Waals surface area contributed by atoms with Crippen molar-refractivity contribution in [1.29, 1.82) is 0 Å². The van der Waals surface area contributed by atoms with Gasteiger partial charge in [-0.15, -0.1) is 0 Å². The topological polar surface area (TPSA) is 43.1 Å². The molecule has 2 atom stereocenters. The highest BCUT2D eigenvalue weighted by Gasteiger charge is 2.31. The average Bonchev–Trinajstić information content (AvgIpc) is 2.83. The van der Waals surface area contributed by atoms with E-state index in [1.54, 1.807) is 12.1 Å². The first kappa shape index (κ1) is 13.5. The number of carbonyl (C=O) groups excluding carboxylic acids is 1. The molecule has 0 radical (unpaired) electrons. The zero-order chi connectivity index (χ0) is 13.1. The van der Waals surface area contributed by atoms with Crippen LogP contribution in [0.25, 0.3) is 0 Å². The van der Waals surface area contributed by atoms with Gasteiger partial charge >= 0.3 is 0 Å². The Hall–Kier alpha value is -0.930. The third-order valence-corrected chi connectivity index (χ3v) is 4.06. The van der Waals surface area contributed by atoms with Crippen LogP contribution in [0.3, 0.4) is 0 Å². The van der Waals surface area contributed by atoms with Crippen molar-refractivity contribution in [3.63, 3.8) is 0 Å². The maximum atomic E-state index is 13.7. The quantitative estimate of drug-likeness (QED) is 0.913. The Kier molecular flexibility index (Phi) is 4.36. The number of ketones is 1. The van der Waals surface area contributed by atoms with Gasteiger partial charge < -0.3 is 5.73 Å². The van der Waals surface area contributed by atoms with E-state index in [1.165, 1.54) is 6.07 Å². The van der Waals surface area contributed by atoms with E-state index in [0.29, 0.717) is 12.1 Å². The fraction of sp³-hybridized carbons (Fsp3) is 0.500. The number of hydrogen-bond donors (Lipinski definition) is 1. The van der Waals surface area contributed by atoms with Crippen LogP contribution in [-0.2, 0) is 11.2 Å². The molecule has 0 aliphatic heterocycles. The van der Waals surface area contributed by atoms with Gasteiger partial charge in [0.2, 0.25) is 0 Å². The van der Waals surface area contributed by atoms with Crippen LogP contribution in [0, 0.1) is 17.7 Å². The maximum Gasteiger partial charge on any atom is 0.145 e. The highest BCUT2D eigenvalue weighted by Crippen LogP contribution is 2.32. The smallest absolute Gasteiger partial charge is 0.145 e. The molecule has 98 valence electrons. The lowest BCUT2D eigenvalue weighted by molar-refractivity contribution is -0.123.